The van der Waals surface area contributed by atoms with E-state index < -0.39 is 0 Å². The molecule has 0 aliphatic heterocycles. The van der Waals surface area contributed by atoms with Gasteiger partial charge in [0.25, 0.3) is 0 Å². The Balaban J connectivity index is 2.22. The first-order chi connectivity index (χ1) is 9.79. The minimum atomic E-state index is 0.888. The molecule has 0 bridgehead atoms. The summed E-state index contributed by atoms with van der Waals surface area (Å²) in [6.07, 6.45) is 3.78. The molecule has 3 aromatic rings. The van der Waals surface area contributed by atoms with Gasteiger partial charge in [0.15, 0.2) is 0 Å². The predicted molar refractivity (Wildman–Crippen MR) is 84.7 cm³/mol. The Bertz CT molecular complexity index is 742. The highest BCUT2D eigenvalue weighted by atomic mass is 14.8. The Labute approximate surface area is 119 Å². The zero-order chi connectivity index (χ0) is 13.9. The lowest BCUT2D eigenvalue weighted by Crippen LogP contribution is -2.05. The zero-order valence-electron chi connectivity index (χ0n) is 11.9. The standard InChI is InChI=1S/C18H18N2/c1-13-6-7-14(11-19-2)10-18(13)17-5-3-4-15-12-20-9-8-16(15)17/h3-10,12,19H,11H2,1-2H3. The Hall–Kier alpha value is -2.19. The van der Waals surface area contributed by atoms with Crippen molar-refractivity contribution in [1.82, 2.24) is 10.3 Å². The normalized spacial score (nSPS) is 10.9. The van der Waals surface area contributed by atoms with Crippen LogP contribution in [-0.2, 0) is 6.54 Å². The second kappa shape index (κ2) is 5.43. The van der Waals surface area contributed by atoms with E-state index in [1.807, 2.05) is 19.4 Å². The number of nitrogens with zero attached hydrogens (tertiary/aromatic N) is 1. The van der Waals surface area contributed by atoms with Gasteiger partial charge in [0.1, 0.15) is 0 Å². The van der Waals surface area contributed by atoms with Crippen LogP contribution in [0.2, 0.25) is 0 Å². The van der Waals surface area contributed by atoms with Gasteiger partial charge in [-0.2, -0.15) is 0 Å². The molecule has 1 aromatic heterocycles. The van der Waals surface area contributed by atoms with E-state index in [0.717, 1.165) is 6.54 Å². The summed E-state index contributed by atoms with van der Waals surface area (Å²) < 4.78 is 0. The molecule has 0 aliphatic rings. The first-order valence-corrected chi connectivity index (χ1v) is 6.87. The average molecular weight is 262 g/mol. The van der Waals surface area contributed by atoms with Crippen LogP contribution in [0, 0.1) is 6.92 Å². The Morgan fingerprint density at radius 3 is 2.80 bits per heavy atom. The maximum absolute atomic E-state index is 4.21. The van der Waals surface area contributed by atoms with Crippen LogP contribution >= 0.6 is 0 Å². The number of nitrogens with one attached hydrogen (secondary N) is 1. The largest absolute Gasteiger partial charge is 0.316 e. The van der Waals surface area contributed by atoms with E-state index in [1.54, 1.807) is 0 Å². The van der Waals surface area contributed by atoms with Crippen LogP contribution in [-0.4, -0.2) is 12.0 Å². The van der Waals surface area contributed by atoms with Gasteiger partial charge < -0.3 is 5.32 Å². The van der Waals surface area contributed by atoms with Crippen molar-refractivity contribution in [3.63, 3.8) is 0 Å². The summed E-state index contributed by atoms with van der Waals surface area (Å²) in [6, 6.07) is 15.1. The smallest absolute Gasteiger partial charge is 0.0346 e. The molecule has 0 radical (unpaired) electrons. The molecule has 0 saturated carbocycles. The van der Waals surface area contributed by atoms with Crippen LogP contribution < -0.4 is 5.32 Å². The summed E-state index contributed by atoms with van der Waals surface area (Å²) in [5, 5.41) is 5.65. The van der Waals surface area contributed by atoms with Gasteiger partial charge in [0, 0.05) is 24.3 Å². The first kappa shape index (κ1) is 12.8. The van der Waals surface area contributed by atoms with Crippen molar-refractivity contribution in [2.75, 3.05) is 7.05 Å². The number of aryl methyl sites for hydroxylation is 1. The van der Waals surface area contributed by atoms with Gasteiger partial charge in [-0.1, -0.05) is 30.3 Å². The average Bonchev–Trinajstić information content (AvgIpc) is 2.49. The van der Waals surface area contributed by atoms with Crippen molar-refractivity contribution in [1.29, 1.82) is 0 Å². The van der Waals surface area contributed by atoms with Crippen molar-refractivity contribution >= 4 is 10.8 Å². The van der Waals surface area contributed by atoms with Crippen LogP contribution in [0.4, 0.5) is 0 Å². The van der Waals surface area contributed by atoms with Crippen molar-refractivity contribution in [3.05, 3.63) is 66.0 Å². The quantitative estimate of drug-likeness (QED) is 0.773. The number of fused-ring (bicyclic) bond motifs is 1. The molecule has 0 aliphatic carbocycles. The number of benzene rings is 2. The molecule has 0 saturated heterocycles. The maximum Gasteiger partial charge on any atom is 0.0346 e. The molecule has 20 heavy (non-hydrogen) atoms. The maximum atomic E-state index is 4.21. The Morgan fingerprint density at radius 2 is 1.95 bits per heavy atom. The second-order valence-corrected chi connectivity index (χ2v) is 5.08. The van der Waals surface area contributed by atoms with E-state index >= 15 is 0 Å². The molecule has 3 rings (SSSR count). The molecular weight excluding hydrogens is 244 g/mol. The number of pyridine rings is 1. The van der Waals surface area contributed by atoms with E-state index in [4.69, 9.17) is 0 Å². The predicted octanol–water partition coefficient (Wildman–Crippen LogP) is 3.93. The number of aromatic nitrogens is 1. The highest BCUT2D eigenvalue weighted by molar-refractivity contribution is 5.96. The van der Waals surface area contributed by atoms with Gasteiger partial charge >= 0.3 is 0 Å². The van der Waals surface area contributed by atoms with Gasteiger partial charge in [0.2, 0.25) is 0 Å². The van der Waals surface area contributed by atoms with Crippen molar-refractivity contribution in [2.45, 2.75) is 13.5 Å². The molecule has 0 atom stereocenters. The molecular formula is C18H18N2. The highest BCUT2D eigenvalue weighted by Gasteiger charge is 2.07. The lowest BCUT2D eigenvalue weighted by Gasteiger charge is -2.11. The van der Waals surface area contributed by atoms with Crippen molar-refractivity contribution in [2.24, 2.45) is 0 Å². The minimum Gasteiger partial charge on any atom is -0.316 e. The van der Waals surface area contributed by atoms with Crippen LogP contribution in [0.5, 0.6) is 0 Å². The lowest BCUT2D eigenvalue weighted by atomic mass is 9.94. The molecule has 1 heterocycles. The highest BCUT2D eigenvalue weighted by Crippen LogP contribution is 2.31. The first-order valence-electron chi connectivity index (χ1n) is 6.87. The molecule has 0 unspecified atom stereocenters. The summed E-state index contributed by atoms with van der Waals surface area (Å²) in [5.74, 6) is 0. The summed E-state index contributed by atoms with van der Waals surface area (Å²) in [5.41, 5.74) is 5.18. The van der Waals surface area contributed by atoms with Crippen molar-refractivity contribution in [3.8, 4) is 11.1 Å². The fourth-order valence-corrected chi connectivity index (χ4v) is 2.63. The van der Waals surface area contributed by atoms with Crippen LogP contribution in [0.25, 0.3) is 21.9 Å². The van der Waals surface area contributed by atoms with Crippen LogP contribution in [0.15, 0.2) is 54.9 Å². The number of hydrogen-bond donors (Lipinski definition) is 1. The van der Waals surface area contributed by atoms with Crippen molar-refractivity contribution < 1.29 is 0 Å². The monoisotopic (exact) mass is 262 g/mol. The third-order valence-corrected chi connectivity index (χ3v) is 3.65. The SMILES string of the molecule is CNCc1ccc(C)c(-c2cccc3cnccc23)c1. The van der Waals surface area contributed by atoms with E-state index in [-0.39, 0.29) is 0 Å². The third-order valence-electron chi connectivity index (χ3n) is 3.65. The van der Waals surface area contributed by atoms with Gasteiger partial charge in [-0.05, 0) is 53.7 Å². The summed E-state index contributed by atoms with van der Waals surface area (Å²) in [7, 11) is 1.98. The van der Waals surface area contributed by atoms with E-state index in [9.17, 15) is 0 Å². The Kier molecular flexibility index (Phi) is 3.48. The third kappa shape index (κ3) is 2.30. The molecule has 2 heteroatoms. The molecule has 2 nitrogen and oxygen atoms in total. The summed E-state index contributed by atoms with van der Waals surface area (Å²) >= 11 is 0. The second-order valence-electron chi connectivity index (χ2n) is 5.08. The van der Waals surface area contributed by atoms with Crippen LogP contribution in [0.3, 0.4) is 0 Å². The molecule has 2 aromatic carbocycles. The minimum absolute atomic E-state index is 0.888. The zero-order valence-corrected chi connectivity index (χ0v) is 11.9. The summed E-state index contributed by atoms with van der Waals surface area (Å²) in [6.45, 7) is 3.05. The van der Waals surface area contributed by atoms with Gasteiger partial charge in [-0.3, -0.25) is 4.98 Å². The summed E-state index contributed by atoms with van der Waals surface area (Å²) in [4.78, 5) is 4.21. The fourth-order valence-electron chi connectivity index (χ4n) is 2.63. The number of rotatable bonds is 3. The van der Waals surface area contributed by atoms with Gasteiger partial charge in [0.05, 0.1) is 0 Å². The molecule has 1 N–H and O–H groups in total. The van der Waals surface area contributed by atoms with E-state index in [2.05, 4.69) is 59.7 Å². The number of hydrogen-bond acceptors (Lipinski definition) is 2. The lowest BCUT2D eigenvalue weighted by molar-refractivity contribution is 0.818. The molecule has 100 valence electrons. The Morgan fingerprint density at radius 1 is 1.05 bits per heavy atom. The van der Waals surface area contributed by atoms with E-state index in [0.29, 0.717) is 0 Å². The fraction of sp³-hybridized carbons (Fsp3) is 0.167. The molecule has 0 amide bonds. The van der Waals surface area contributed by atoms with Crippen LogP contribution in [0.1, 0.15) is 11.1 Å². The van der Waals surface area contributed by atoms with Gasteiger partial charge in [-0.25, -0.2) is 0 Å². The van der Waals surface area contributed by atoms with Gasteiger partial charge in [-0.15, -0.1) is 0 Å². The molecule has 0 spiro atoms. The van der Waals surface area contributed by atoms with E-state index in [1.165, 1.54) is 33.0 Å². The molecule has 0 fully saturated rings. The topological polar surface area (TPSA) is 24.9 Å².